The third-order valence-corrected chi connectivity index (χ3v) is 5.78. The number of fused-ring (bicyclic) bond motifs is 1. The average Bonchev–Trinajstić information content (AvgIpc) is 3.32. The van der Waals surface area contributed by atoms with E-state index in [1.807, 2.05) is 0 Å². The Labute approximate surface area is 217 Å². The topological polar surface area (TPSA) is 143 Å². The molecule has 0 aliphatic rings. The molecule has 2 aromatic carbocycles. The number of nitro benzene ring substituents is 1. The number of nitrogens with one attached hydrogen (secondary N) is 1. The normalized spacial score (nSPS) is 11.4. The Morgan fingerprint density at radius 1 is 1.15 bits per heavy atom. The van der Waals surface area contributed by atoms with Gasteiger partial charge in [0.2, 0.25) is 0 Å². The van der Waals surface area contributed by atoms with Crippen molar-refractivity contribution >= 4 is 22.6 Å². The van der Waals surface area contributed by atoms with Gasteiger partial charge in [-0.25, -0.2) is 9.67 Å². The quantitative estimate of drug-likeness (QED) is 0.249. The molecule has 0 saturated carbocycles. The number of carbonyl (C=O) groups is 1. The van der Waals surface area contributed by atoms with E-state index in [-0.39, 0.29) is 53.3 Å². The highest BCUT2D eigenvalue weighted by Gasteiger charge is 2.30. The Hall–Kier alpha value is -4.95. The Morgan fingerprint density at radius 3 is 2.54 bits per heavy atom. The van der Waals surface area contributed by atoms with E-state index in [4.69, 9.17) is 9.47 Å². The molecule has 0 saturated heterocycles. The zero-order valence-corrected chi connectivity index (χ0v) is 20.6. The van der Waals surface area contributed by atoms with Crippen LogP contribution in [0.25, 0.3) is 11.0 Å². The van der Waals surface area contributed by atoms with Crippen LogP contribution in [0.5, 0.6) is 11.5 Å². The van der Waals surface area contributed by atoms with Crippen LogP contribution in [0.2, 0.25) is 0 Å². The van der Waals surface area contributed by atoms with Crippen LogP contribution < -0.4 is 20.3 Å². The summed E-state index contributed by atoms with van der Waals surface area (Å²) in [5.41, 5.74) is -1.57. The molecule has 4 rings (SSSR count). The fourth-order valence-corrected chi connectivity index (χ4v) is 3.89. The third-order valence-electron chi connectivity index (χ3n) is 5.78. The summed E-state index contributed by atoms with van der Waals surface area (Å²) in [7, 11) is 2.64. The molecule has 0 radical (unpaired) electrons. The van der Waals surface area contributed by atoms with Crippen molar-refractivity contribution in [3.63, 3.8) is 0 Å². The lowest BCUT2D eigenvalue weighted by Crippen LogP contribution is -2.28. The Bertz CT molecular complexity index is 1610. The number of carbonyl (C=O) groups excluding carboxylic acids is 1. The number of hydrogen-bond donors (Lipinski definition) is 1. The zero-order chi connectivity index (χ0) is 28.3. The highest BCUT2D eigenvalue weighted by molar-refractivity contribution is 5.99. The first-order valence-electron chi connectivity index (χ1n) is 11.3. The van der Waals surface area contributed by atoms with Crippen LogP contribution in [-0.4, -0.2) is 50.9 Å². The molecule has 1 amide bonds. The van der Waals surface area contributed by atoms with E-state index in [0.717, 1.165) is 18.2 Å². The standard InChI is InChI=1S/C24H21F3N6O6/c1-38-19-9-16(18(33(36)37)10-20(19)39-2)22(34)28-6-7-32-21-17(11-30-32)23(35)31(13-29-21)12-14-4-3-5-15(8-14)24(25,26)27/h3-5,8-11,13H,6-7,12H2,1-2H3,(H,28,34). The number of amides is 1. The van der Waals surface area contributed by atoms with Crippen LogP contribution in [0.4, 0.5) is 18.9 Å². The molecule has 12 nitrogen and oxygen atoms in total. The first-order valence-corrected chi connectivity index (χ1v) is 11.3. The molecular weight excluding hydrogens is 525 g/mol. The summed E-state index contributed by atoms with van der Waals surface area (Å²) in [6.45, 7) is -0.0758. The summed E-state index contributed by atoms with van der Waals surface area (Å²) in [4.78, 5) is 40.6. The highest BCUT2D eigenvalue weighted by atomic mass is 19.4. The smallest absolute Gasteiger partial charge is 0.416 e. The highest BCUT2D eigenvalue weighted by Crippen LogP contribution is 2.34. The van der Waals surface area contributed by atoms with Gasteiger partial charge in [-0.3, -0.25) is 24.3 Å². The Balaban J connectivity index is 1.49. The molecule has 0 spiro atoms. The molecule has 2 aromatic heterocycles. The Kier molecular flexibility index (Phi) is 7.51. The molecule has 0 bridgehead atoms. The van der Waals surface area contributed by atoms with Crippen LogP contribution in [-0.2, 0) is 19.3 Å². The summed E-state index contributed by atoms with van der Waals surface area (Å²) >= 11 is 0. The first kappa shape index (κ1) is 27.1. The van der Waals surface area contributed by atoms with Crippen LogP contribution in [0.15, 0.2) is 53.7 Å². The largest absolute Gasteiger partial charge is 0.493 e. The second kappa shape index (κ2) is 10.8. The van der Waals surface area contributed by atoms with Crippen molar-refractivity contribution in [3.05, 3.63) is 86.1 Å². The van der Waals surface area contributed by atoms with E-state index in [1.54, 1.807) is 0 Å². The van der Waals surface area contributed by atoms with Crippen molar-refractivity contribution < 1.29 is 32.4 Å². The lowest BCUT2D eigenvalue weighted by Gasteiger charge is -2.11. The van der Waals surface area contributed by atoms with Crippen LogP contribution in [0, 0.1) is 10.1 Å². The third kappa shape index (κ3) is 5.66. The first-order chi connectivity index (χ1) is 18.5. The summed E-state index contributed by atoms with van der Waals surface area (Å²) in [5.74, 6) is -0.513. The molecule has 0 fully saturated rings. The van der Waals surface area contributed by atoms with Gasteiger partial charge in [-0.15, -0.1) is 0 Å². The van der Waals surface area contributed by atoms with Gasteiger partial charge >= 0.3 is 6.18 Å². The second-order valence-corrected chi connectivity index (χ2v) is 8.22. The molecular formula is C24H21F3N6O6. The molecule has 0 aliphatic heterocycles. The average molecular weight is 546 g/mol. The monoisotopic (exact) mass is 546 g/mol. The zero-order valence-electron chi connectivity index (χ0n) is 20.6. The van der Waals surface area contributed by atoms with E-state index in [9.17, 15) is 32.9 Å². The predicted molar refractivity (Wildman–Crippen MR) is 131 cm³/mol. The van der Waals surface area contributed by atoms with E-state index in [0.29, 0.717) is 0 Å². The van der Waals surface area contributed by atoms with Crippen molar-refractivity contribution in [2.75, 3.05) is 20.8 Å². The maximum Gasteiger partial charge on any atom is 0.416 e. The van der Waals surface area contributed by atoms with Crippen LogP contribution in [0.3, 0.4) is 0 Å². The summed E-state index contributed by atoms with van der Waals surface area (Å²) in [6.07, 6.45) is -2.03. The lowest BCUT2D eigenvalue weighted by atomic mass is 10.1. The number of ether oxygens (including phenoxy) is 2. The lowest BCUT2D eigenvalue weighted by molar-refractivity contribution is -0.385. The number of methoxy groups -OCH3 is 2. The van der Waals surface area contributed by atoms with E-state index in [2.05, 4.69) is 15.4 Å². The number of benzene rings is 2. The predicted octanol–water partition coefficient (Wildman–Crippen LogP) is 3.02. The molecule has 2 heterocycles. The van der Waals surface area contributed by atoms with Gasteiger partial charge in [-0.2, -0.15) is 18.3 Å². The van der Waals surface area contributed by atoms with Gasteiger partial charge in [-0.1, -0.05) is 12.1 Å². The van der Waals surface area contributed by atoms with Gasteiger partial charge in [0, 0.05) is 12.6 Å². The van der Waals surface area contributed by atoms with Crippen LogP contribution >= 0.6 is 0 Å². The molecule has 0 unspecified atom stereocenters. The van der Waals surface area contributed by atoms with Crippen molar-refractivity contribution in [1.82, 2.24) is 24.6 Å². The minimum Gasteiger partial charge on any atom is -0.493 e. The number of nitro groups is 1. The van der Waals surface area contributed by atoms with Gasteiger partial charge in [-0.05, 0) is 17.7 Å². The van der Waals surface area contributed by atoms with E-state index < -0.39 is 33.8 Å². The van der Waals surface area contributed by atoms with Gasteiger partial charge in [0.15, 0.2) is 17.1 Å². The number of hydrogen-bond acceptors (Lipinski definition) is 8. The van der Waals surface area contributed by atoms with Gasteiger partial charge in [0.05, 0.1) is 50.1 Å². The van der Waals surface area contributed by atoms with Gasteiger partial charge in [0.1, 0.15) is 17.3 Å². The molecule has 0 aliphatic carbocycles. The SMILES string of the molecule is COc1cc(C(=O)NCCn2ncc3c(=O)n(Cc4cccc(C(F)(F)F)c4)cnc32)c([N+](=O)[O-])cc1OC. The van der Waals surface area contributed by atoms with Crippen molar-refractivity contribution in [3.8, 4) is 11.5 Å². The van der Waals surface area contributed by atoms with E-state index in [1.165, 1.54) is 54.2 Å². The number of nitrogens with zero attached hydrogens (tertiary/aromatic N) is 5. The maximum atomic E-state index is 13.0. The van der Waals surface area contributed by atoms with Gasteiger partial charge in [0.25, 0.3) is 17.2 Å². The van der Waals surface area contributed by atoms with E-state index >= 15 is 0 Å². The number of halogens is 3. The number of alkyl halides is 3. The molecule has 15 heteroatoms. The minimum atomic E-state index is -4.51. The van der Waals surface area contributed by atoms with Crippen molar-refractivity contribution in [1.29, 1.82) is 0 Å². The maximum absolute atomic E-state index is 13.0. The van der Waals surface area contributed by atoms with Crippen molar-refractivity contribution in [2.45, 2.75) is 19.3 Å². The van der Waals surface area contributed by atoms with Crippen LogP contribution in [0.1, 0.15) is 21.5 Å². The number of aromatic nitrogens is 4. The Morgan fingerprint density at radius 2 is 1.87 bits per heavy atom. The minimum absolute atomic E-state index is 0.0177. The molecule has 39 heavy (non-hydrogen) atoms. The molecule has 0 atom stereocenters. The summed E-state index contributed by atoms with van der Waals surface area (Å²) in [6, 6.07) is 6.93. The molecule has 1 N–H and O–H groups in total. The van der Waals surface area contributed by atoms with Gasteiger partial charge < -0.3 is 14.8 Å². The molecule has 4 aromatic rings. The fraction of sp³-hybridized carbons (Fsp3) is 0.250. The fourth-order valence-electron chi connectivity index (χ4n) is 3.89. The number of rotatable bonds is 9. The summed E-state index contributed by atoms with van der Waals surface area (Å²) < 4.78 is 51.7. The summed E-state index contributed by atoms with van der Waals surface area (Å²) in [5, 5.41) is 18.3. The van der Waals surface area contributed by atoms with Crippen molar-refractivity contribution in [2.24, 2.45) is 0 Å². The second-order valence-electron chi connectivity index (χ2n) is 8.22. The molecule has 204 valence electrons.